The number of rotatable bonds is 2. The normalized spacial score (nSPS) is 42.1. The van der Waals surface area contributed by atoms with Gasteiger partial charge in [0.1, 0.15) is 0 Å². The van der Waals surface area contributed by atoms with E-state index >= 15 is 0 Å². The van der Waals surface area contributed by atoms with Crippen molar-refractivity contribution >= 4 is 10.2 Å². The standard InChI is InChI=1S/C6H12N2O2S/c7-11(9,10)8-6-2-1-4-3-5(4)6/h4-6,8H,1-3H2,(H2,7,9,10). The molecule has 2 aliphatic rings. The number of nitrogens with two attached hydrogens (primary N) is 1. The van der Waals surface area contributed by atoms with Crippen LogP contribution in [0.5, 0.6) is 0 Å². The lowest BCUT2D eigenvalue weighted by Crippen LogP contribution is -2.39. The fourth-order valence-electron chi connectivity index (χ4n) is 2.06. The third kappa shape index (κ3) is 1.55. The Morgan fingerprint density at radius 2 is 2.09 bits per heavy atom. The minimum Gasteiger partial charge on any atom is -0.216 e. The van der Waals surface area contributed by atoms with Gasteiger partial charge in [0.05, 0.1) is 0 Å². The molecule has 11 heavy (non-hydrogen) atoms. The van der Waals surface area contributed by atoms with Gasteiger partial charge >= 0.3 is 0 Å². The van der Waals surface area contributed by atoms with E-state index in [2.05, 4.69) is 4.72 Å². The maximum atomic E-state index is 10.6. The zero-order valence-electron chi connectivity index (χ0n) is 6.16. The van der Waals surface area contributed by atoms with Crippen molar-refractivity contribution in [3.63, 3.8) is 0 Å². The highest BCUT2D eigenvalue weighted by Gasteiger charge is 2.48. The summed E-state index contributed by atoms with van der Waals surface area (Å²) in [4.78, 5) is 0. The number of hydrogen-bond donors (Lipinski definition) is 2. The summed E-state index contributed by atoms with van der Waals surface area (Å²) in [5.74, 6) is 1.38. The molecule has 0 radical (unpaired) electrons. The van der Waals surface area contributed by atoms with Crippen LogP contribution < -0.4 is 9.86 Å². The predicted molar refractivity (Wildman–Crippen MR) is 40.9 cm³/mol. The first-order chi connectivity index (χ1) is 5.06. The fraction of sp³-hybridized carbons (Fsp3) is 1.00. The first-order valence-corrected chi connectivity index (χ1v) is 5.41. The van der Waals surface area contributed by atoms with E-state index < -0.39 is 10.2 Å². The Kier molecular flexibility index (Phi) is 1.49. The average Bonchev–Trinajstić information content (AvgIpc) is 2.50. The molecule has 3 N–H and O–H groups in total. The SMILES string of the molecule is NS(=O)(=O)NC1CCC2CC21. The van der Waals surface area contributed by atoms with E-state index in [1.165, 1.54) is 6.42 Å². The van der Waals surface area contributed by atoms with Crippen molar-refractivity contribution in [1.82, 2.24) is 4.72 Å². The molecule has 3 atom stereocenters. The smallest absolute Gasteiger partial charge is 0.216 e. The van der Waals surface area contributed by atoms with Gasteiger partial charge in [-0.1, -0.05) is 0 Å². The summed E-state index contributed by atoms with van der Waals surface area (Å²) in [5.41, 5.74) is 0. The first kappa shape index (κ1) is 7.52. The van der Waals surface area contributed by atoms with E-state index in [4.69, 9.17) is 5.14 Å². The molecule has 0 aromatic heterocycles. The summed E-state index contributed by atoms with van der Waals surface area (Å²) < 4.78 is 23.7. The van der Waals surface area contributed by atoms with Gasteiger partial charge in [-0.3, -0.25) is 0 Å². The van der Waals surface area contributed by atoms with Gasteiger partial charge in [0.15, 0.2) is 0 Å². The molecular weight excluding hydrogens is 164 g/mol. The Bertz CT molecular complexity index is 262. The summed E-state index contributed by atoms with van der Waals surface area (Å²) in [5, 5.41) is 4.86. The van der Waals surface area contributed by atoms with Gasteiger partial charge in [-0.2, -0.15) is 13.1 Å². The summed E-state index contributed by atoms with van der Waals surface area (Å²) in [6.45, 7) is 0. The molecule has 0 aromatic rings. The molecule has 0 aromatic carbocycles. The molecule has 0 spiro atoms. The van der Waals surface area contributed by atoms with Crippen LogP contribution in [0.15, 0.2) is 0 Å². The maximum absolute atomic E-state index is 10.6. The third-order valence-corrected chi connectivity index (χ3v) is 3.29. The van der Waals surface area contributed by atoms with Crippen molar-refractivity contribution in [1.29, 1.82) is 0 Å². The molecule has 3 unspecified atom stereocenters. The van der Waals surface area contributed by atoms with Crippen LogP contribution in [0.1, 0.15) is 19.3 Å². The van der Waals surface area contributed by atoms with E-state index in [-0.39, 0.29) is 6.04 Å². The fourth-order valence-corrected chi connectivity index (χ4v) is 2.78. The van der Waals surface area contributed by atoms with Crippen molar-refractivity contribution in [3.8, 4) is 0 Å². The molecule has 5 heteroatoms. The molecule has 0 aliphatic heterocycles. The van der Waals surface area contributed by atoms with Gasteiger partial charge < -0.3 is 0 Å². The van der Waals surface area contributed by atoms with Crippen LogP contribution in [0.25, 0.3) is 0 Å². The highest BCUT2D eigenvalue weighted by Crippen LogP contribution is 2.51. The van der Waals surface area contributed by atoms with E-state index in [0.717, 1.165) is 18.8 Å². The minimum atomic E-state index is -3.46. The van der Waals surface area contributed by atoms with E-state index in [0.29, 0.717) is 5.92 Å². The Morgan fingerprint density at radius 3 is 2.45 bits per heavy atom. The van der Waals surface area contributed by atoms with Gasteiger partial charge in [0, 0.05) is 6.04 Å². The zero-order valence-corrected chi connectivity index (χ0v) is 6.97. The molecule has 2 saturated carbocycles. The molecule has 2 rings (SSSR count). The topological polar surface area (TPSA) is 72.2 Å². The number of hydrogen-bond acceptors (Lipinski definition) is 2. The highest BCUT2D eigenvalue weighted by molar-refractivity contribution is 7.87. The largest absolute Gasteiger partial charge is 0.274 e. The lowest BCUT2D eigenvalue weighted by atomic mass is 10.2. The lowest BCUT2D eigenvalue weighted by molar-refractivity contribution is 0.525. The third-order valence-electron chi connectivity index (χ3n) is 2.66. The second kappa shape index (κ2) is 2.18. The zero-order chi connectivity index (χ0) is 8.06. The second-order valence-electron chi connectivity index (χ2n) is 3.51. The van der Waals surface area contributed by atoms with Gasteiger partial charge in [0.2, 0.25) is 0 Å². The van der Waals surface area contributed by atoms with Gasteiger partial charge in [0.25, 0.3) is 10.2 Å². The minimum absolute atomic E-state index is 0.134. The van der Waals surface area contributed by atoms with Crippen LogP contribution >= 0.6 is 0 Å². The van der Waals surface area contributed by atoms with Crippen LogP contribution in [0.3, 0.4) is 0 Å². The second-order valence-corrected chi connectivity index (χ2v) is 4.83. The lowest BCUT2D eigenvalue weighted by Gasteiger charge is -2.10. The van der Waals surface area contributed by atoms with E-state index in [9.17, 15) is 8.42 Å². The maximum Gasteiger partial charge on any atom is 0.274 e. The molecule has 2 aliphatic carbocycles. The van der Waals surface area contributed by atoms with Gasteiger partial charge in [-0.15, -0.1) is 0 Å². The summed E-state index contributed by atoms with van der Waals surface area (Å²) in [6.07, 6.45) is 3.32. The van der Waals surface area contributed by atoms with Crippen molar-refractivity contribution in [2.75, 3.05) is 0 Å². The Morgan fingerprint density at radius 1 is 1.36 bits per heavy atom. The van der Waals surface area contributed by atoms with Crippen LogP contribution in [-0.2, 0) is 10.2 Å². The van der Waals surface area contributed by atoms with Crippen molar-refractivity contribution in [3.05, 3.63) is 0 Å². The van der Waals surface area contributed by atoms with Crippen LogP contribution in [-0.4, -0.2) is 14.5 Å². The molecule has 0 bridgehead atoms. The summed E-state index contributed by atoms with van der Waals surface area (Å²) >= 11 is 0. The average molecular weight is 176 g/mol. The van der Waals surface area contributed by atoms with Crippen LogP contribution in [0.2, 0.25) is 0 Å². The van der Waals surface area contributed by atoms with E-state index in [1.807, 2.05) is 0 Å². The molecule has 0 heterocycles. The predicted octanol–water partition coefficient (Wildman–Crippen LogP) is -0.422. The molecule has 64 valence electrons. The van der Waals surface area contributed by atoms with Gasteiger partial charge in [-0.25, -0.2) is 5.14 Å². The first-order valence-electron chi connectivity index (χ1n) is 3.86. The molecule has 4 nitrogen and oxygen atoms in total. The van der Waals surface area contributed by atoms with Crippen molar-refractivity contribution in [2.24, 2.45) is 17.0 Å². The Balaban J connectivity index is 1.97. The van der Waals surface area contributed by atoms with E-state index in [1.54, 1.807) is 0 Å². The number of fused-ring (bicyclic) bond motifs is 1. The van der Waals surface area contributed by atoms with Gasteiger partial charge in [-0.05, 0) is 31.1 Å². The van der Waals surface area contributed by atoms with Crippen LogP contribution in [0, 0.1) is 11.8 Å². The summed E-state index contributed by atoms with van der Waals surface area (Å²) in [6, 6.07) is 0.134. The summed E-state index contributed by atoms with van der Waals surface area (Å²) in [7, 11) is -3.46. The van der Waals surface area contributed by atoms with Crippen molar-refractivity contribution < 1.29 is 8.42 Å². The molecular formula is C6H12N2O2S. The quantitative estimate of drug-likeness (QED) is 0.599. The Labute approximate surface area is 66.3 Å². The monoisotopic (exact) mass is 176 g/mol. The highest BCUT2D eigenvalue weighted by atomic mass is 32.2. The molecule has 0 saturated heterocycles. The van der Waals surface area contributed by atoms with Crippen LogP contribution in [0.4, 0.5) is 0 Å². The van der Waals surface area contributed by atoms with Crippen molar-refractivity contribution in [2.45, 2.75) is 25.3 Å². The molecule has 2 fully saturated rings. The Hall–Kier alpha value is -0.130. The molecule has 0 amide bonds. The number of nitrogens with one attached hydrogen (secondary N) is 1.